The molecule has 6 nitrogen and oxygen atoms in total. The quantitative estimate of drug-likeness (QED) is 0.880. The van der Waals surface area contributed by atoms with E-state index in [1.54, 1.807) is 7.05 Å². The van der Waals surface area contributed by atoms with Crippen LogP contribution < -0.4 is 5.32 Å². The largest absolute Gasteiger partial charge is 0.394 e. The predicted molar refractivity (Wildman–Crippen MR) is 89.4 cm³/mol. The van der Waals surface area contributed by atoms with Gasteiger partial charge in [-0.05, 0) is 30.5 Å². The van der Waals surface area contributed by atoms with Crippen molar-refractivity contribution in [3.63, 3.8) is 0 Å². The molecule has 2 amide bonds. The van der Waals surface area contributed by atoms with E-state index in [-0.39, 0.29) is 37.0 Å². The van der Waals surface area contributed by atoms with Gasteiger partial charge in [-0.1, -0.05) is 25.0 Å². The Kier molecular flexibility index (Phi) is 5.16. The minimum absolute atomic E-state index is 0.0117. The van der Waals surface area contributed by atoms with Gasteiger partial charge in [-0.15, -0.1) is 0 Å². The molecule has 24 heavy (non-hydrogen) atoms. The maximum atomic E-state index is 12.2. The van der Waals surface area contributed by atoms with Crippen LogP contribution >= 0.6 is 0 Å². The first-order chi connectivity index (χ1) is 11.6. The van der Waals surface area contributed by atoms with Gasteiger partial charge >= 0.3 is 0 Å². The Hall–Kier alpha value is -1.92. The number of carbonyl (C=O) groups excluding carboxylic acids is 2. The van der Waals surface area contributed by atoms with Crippen LogP contribution in [0.5, 0.6) is 0 Å². The predicted octanol–water partition coefficient (Wildman–Crippen LogP) is 1.71. The van der Waals surface area contributed by atoms with Crippen molar-refractivity contribution in [1.82, 2.24) is 4.90 Å². The third-order valence-electron chi connectivity index (χ3n) is 5.05. The Labute approximate surface area is 141 Å². The van der Waals surface area contributed by atoms with Crippen molar-refractivity contribution < 1.29 is 19.4 Å². The van der Waals surface area contributed by atoms with Crippen molar-refractivity contribution >= 4 is 17.5 Å². The lowest BCUT2D eigenvalue weighted by molar-refractivity contribution is -0.157. The van der Waals surface area contributed by atoms with Crippen LogP contribution in [0.1, 0.15) is 37.4 Å². The molecule has 1 heterocycles. The Morgan fingerprint density at radius 2 is 1.96 bits per heavy atom. The molecule has 0 bridgehead atoms. The number of hydrogen-bond acceptors (Lipinski definition) is 4. The van der Waals surface area contributed by atoms with Gasteiger partial charge in [0.15, 0.2) is 0 Å². The number of rotatable bonds is 4. The van der Waals surface area contributed by atoms with Gasteiger partial charge in [0.2, 0.25) is 11.8 Å². The third kappa shape index (κ3) is 3.44. The Balaban J connectivity index is 1.67. The highest BCUT2D eigenvalue weighted by Crippen LogP contribution is 2.30. The minimum Gasteiger partial charge on any atom is -0.394 e. The second-order valence-electron chi connectivity index (χ2n) is 6.58. The number of carbonyl (C=O) groups is 2. The van der Waals surface area contributed by atoms with Gasteiger partial charge in [-0.3, -0.25) is 9.59 Å². The Morgan fingerprint density at radius 1 is 1.29 bits per heavy atom. The third-order valence-corrected chi connectivity index (χ3v) is 5.05. The first-order valence-electron chi connectivity index (χ1n) is 8.49. The zero-order valence-corrected chi connectivity index (χ0v) is 13.9. The maximum Gasteiger partial charge on any atom is 0.248 e. The normalized spacial score (nSPS) is 25.1. The summed E-state index contributed by atoms with van der Waals surface area (Å²) in [5.41, 5.74) is 1.64. The topological polar surface area (TPSA) is 78.9 Å². The zero-order chi connectivity index (χ0) is 17.1. The van der Waals surface area contributed by atoms with Gasteiger partial charge in [0, 0.05) is 18.7 Å². The van der Waals surface area contributed by atoms with Crippen molar-refractivity contribution in [2.75, 3.05) is 25.6 Å². The molecule has 2 N–H and O–H groups in total. The van der Waals surface area contributed by atoms with E-state index >= 15 is 0 Å². The molecule has 2 aliphatic rings. The summed E-state index contributed by atoms with van der Waals surface area (Å²) in [6.07, 6.45) is 3.84. The molecule has 0 spiro atoms. The minimum atomic E-state index is -0.398. The van der Waals surface area contributed by atoms with Crippen molar-refractivity contribution in [2.24, 2.45) is 5.92 Å². The van der Waals surface area contributed by atoms with Crippen molar-refractivity contribution in [1.29, 1.82) is 0 Å². The number of amides is 2. The lowest BCUT2D eigenvalue weighted by atomic mass is 9.99. The molecule has 6 heteroatoms. The molecule has 130 valence electrons. The average molecular weight is 332 g/mol. The summed E-state index contributed by atoms with van der Waals surface area (Å²) in [6.45, 7) is -0.148. The van der Waals surface area contributed by atoms with E-state index in [1.807, 2.05) is 24.3 Å². The van der Waals surface area contributed by atoms with E-state index in [9.17, 15) is 14.7 Å². The molecule has 2 fully saturated rings. The summed E-state index contributed by atoms with van der Waals surface area (Å²) in [5, 5.41) is 12.5. The molecule has 1 saturated carbocycles. The maximum absolute atomic E-state index is 12.2. The Bertz CT molecular complexity index is 596. The average Bonchev–Trinajstić information content (AvgIpc) is 3.13. The van der Waals surface area contributed by atoms with Crippen LogP contribution in [0, 0.1) is 5.92 Å². The number of morpholine rings is 1. The number of nitrogens with zero attached hydrogens (tertiary/aromatic N) is 1. The number of aliphatic hydroxyl groups excluding tert-OH is 1. The monoisotopic (exact) mass is 332 g/mol. The van der Waals surface area contributed by atoms with E-state index in [2.05, 4.69) is 5.32 Å². The van der Waals surface area contributed by atoms with E-state index in [1.165, 1.54) is 4.90 Å². The van der Waals surface area contributed by atoms with E-state index in [0.717, 1.165) is 36.9 Å². The summed E-state index contributed by atoms with van der Waals surface area (Å²) in [5.74, 6) is 0.0864. The van der Waals surface area contributed by atoms with Gasteiger partial charge in [0.05, 0.1) is 12.6 Å². The standard InChI is InChI=1S/C18H24N2O4/c1-20-15(10-21)17(24-11-16(20)22)12-6-8-14(9-7-12)19-18(23)13-4-2-3-5-13/h6-9,13,15,17,21H,2-5,10-11H2,1H3,(H,19,23). The highest BCUT2D eigenvalue weighted by Gasteiger charge is 2.35. The van der Waals surface area contributed by atoms with Crippen LogP contribution in [0.15, 0.2) is 24.3 Å². The van der Waals surface area contributed by atoms with Gasteiger partial charge < -0.3 is 20.1 Å². The summed E-state index contributed by atoms with van der Waals surface area (Å²) in [6, 6.07) is 7.04. The first kappa shape index (κ1) is 16.9. The van der Waals surface area contributed by atoms with E-state index < -0.39 is 6.04 Å². The number of hydrogen-bond donors (Lipinski definition) is 2. The number of anilines is 1. The van der Waals surface area contributed by atoms with Crippen molar-refractivity contribution in [3.05, 3.63) is 29.8 Å². The van der Waals surface area contributed by atoms with Gasteiger partial charge in [-0.25, -0.2) is 0 Å². The number of nitrogens with one attached hydrogen (secondary N) is 1. The fraction of sp³-hybridized carbons (Fsp3) is 0.556. The Morgan fingerprint density at radius 3 is 2.58 bits per heavy atom. The summed E-state index contributed by atoms with van der Waals surface area (Å²) in [4.78, 5) is 25.4. The number of ether oxygens (including phenoxy) is 1. The van der Waals surface area contributed by atoms with E-state index in [4.69, 9.17) is 4.74 Å². The molecule has 0 radical (unpaired) electrons. The highest BCUT2D eigenvalue weighted by molar-refractivity contribution is 5.92. The second kappa shape index (κ2) is 7.32. The summed E-state index contributed by atoms with van der Waals surface area (Å²) < 4.78 is 5.61. The first-order valence-corrected chi connectivity index (χ1v) is 8.49. The lowest BCUT2D eigenvalue weighted by Gasteiger charge is -2.38. The van der Waals surface area contributed by atoms with Crippen molar-refractivity contribution in [3.8, 4) is 0 Å². The smallest absolute Gasteiger partial charge is 0.248 e. The fourth-order valence-corrected chi connectivity index (χ4v) is 3.49. The fourth-order valence-electron chi connectivity index (χ4n) is 3.49. The van der Waals surface area contributed by atoms with E-state index in [0.29, 0.717) is 0 Å². The second-order valence-corrected chi connectivity index (χ2v) is 6.58. The SMILES string of the molecule is CN1C(=O)COC(c2ccc(NC(=O)C3CCCC3)cc2)C1CO. The van der Waals surface area contributed by atoms with Gasteiger partial charge in [-0.2, -0.15) is 0 Å². The summed E-state index contributed by atoms with van der Waals surface area (Å²) in [7, 11) is 1.68. The van der Waals surface area contributed by atoms with Gasteiger partial charge in [0.25, 0.3) is 0 Å². The molecule has 3 rings (SSSR count). The molecular weight excluding hydrogens is 308 g/mol. The number of likely N-dealkylation sites (N-methyl/N-ethyl adjacent to an activating group) is 1. The van der Waals surface area contributed by atoms with Crippen LogP contribution in [-0.2, 0) is 14.3 Å². The molecule has 2 unspecified atom stereocenters. The molecular formula is C18H24N2O4. The zero-order valence-electron chi connectivity index (χ0n) is 13.9. The molecule has 1 aliphatic heterocycles. The highest BCUT2D eigenvalue weighted by atomic mass is 16.5. The summed E-state index contributed by atoms with van der Waals surface area (Å²) >= 11 is 0. The molecule has 1 aromatic rings. The van der Waals surface area contributed by atoms with Crippen LogP contribution in [0.4, 0.5) is 5.69 Å². The van der Waals surface area contributed by atoms with Gasteiger partial charge in [0.1, 0.15) is 12.7 Å². The molecule has 2 atom stereocenters. The molecule has 1 saturated heterocycles. The molecule has 1 aromatic carbocycles. The molecule has 0 aromatic heterocycles. The van der Waals surface area contributed by atoms with Crippen LogP contribution in [-0.4, -0.2) is 48.1 Å². The van der Waals surface area contributed by atoms with Crippen molar-refractivity contribution in [2.45, 2.75) is 37.8 Å². The van der Waals surface area contributed by atoms with Crippen LogP contribution in [0.3, 0.4) is 0 Å². The number of aliphatic hydroxyl groups is 1. The van der Waals surface area contributed by atoms with Crippen LogP contribution in [0.25, 0.3) is 0 Å². The molecule has 1 aliphatic carbocycles. The number of benzene rings is 1. The lowest BCUT2D eigenvalue weighted by Crippen LogP contribution is -2.50. The van der Waals surface area contributed by atoms with Crippen LogP contribution in [0.2, 0.25) is 0 Å².